The van der Waals surface area contributed by atoms with Crippen molar-refractivity contribution in [3.63, 3.8) is 0 Å². The number of carbonyl (C=O) groups is 1. The maximum Gasteiger partial charge on any atom is 0.257 e. The summed E-state index contributed by atoms with van der Waals surface area (Å²) in [6, 6.07) is 4.24. The zero-order chi connectivity index (χ0) is 25.4. The minimum atomic E-state index is -1.18. The van der Waals surface area contributed by atoms with E-state index in [4.69, 9.17) is 4.74 Å². The van der Waals surface area contributed by atoms with Crippen molar-refractivity contribution in [3.8, 4) is 5.69 Å². The average Bonchev–Trinajstić information content (AvgIpc) is 3.38. The van der Waals surface area contributed by atoms with Crippen LogP contribution >= 0.6 is 0 Å². The summed E-state index contributed by atoms with van der Waals surface area (Å²) in [5.41, 5.74) is -2.17. The molecule has 3 aromatic rings. The number of methoxy groups -OCH3 is 1. The van der Waals surface area contributed by atoms with Gasteiger partial charge in [-0.25, -0.2) is 18.2 Å². The first-order chi connectivity index (χ1) is 17.1. The highest BCUT2D eigenvalue weighted by molar-refractivity contribution is 5.98. The van der Waals surface area contributed by atoms with Gasteiger partial charge in [-0.05, 0) is 50.7 Å². The van der Waals surface area contributed by atoms with E-state index in [1.54, 1.807) is 13.2 Å². The second-order valence-electron chi connectivity index (χ2n) is 10.6. The number of rotatable bonds is 5. The molecular formula is C26H25F3N4O3. The molecule has 3 heterocycles. The fourth-order valence-corrected chi connectivity index (χ4v) is 5.93. The van der Waals surface area contributed by atoms with Crippen LogP contribution in [0, 0.1) is 23.4 Å². The van der Waals surface area contributed by atoms with Crippen LogP contribution in [-0.4, -0.2) is 46.8 Å². The lowest BCUT2D eigenvalue weighted by Crippen LogP contribution is -2.61. The summed E-state index contributed by atoms with van der Waals surface area (Å²) in [5.74, 6) is -2.96. The number of anilines is 1. The number of carbonyl (C=O) groups excluding carboxylic acids is 1. The number of aromatic nitrogens is 2. The van der Waals surface area contributed by atoms with Crippen molar-refractivity contribution in [1.29, 1.82) is 0 Å². The van der Waals surface area contributed by atoms with Gasteiger partial charge in [0.15, 0.2) is 17.3 Å². The molecule has 1 aromatic carbocycles. The molecule has 3 saturated carbocycles. The van der Waals surface area contributed by atoms with Crippen molar-refractivity contribution < 1.29 is 22.7 Å². The number of hydrogen-bond donors (Lipinski definition) is 1. The van der Waals surface area contributed by atoms with Gasteiger partial charge < -0.3 is 15.0 Å². The first kappa shape index (κ1) is 23.0. The summed E-state index contributed by atoms with van der Waals surface area (Å²) in [5, 5.41) is 3.01. The Bertz CT molecular complexity index is 1450. The Morgan fingerprint density at radius 3 is 2.47 bits per heavy atom. The lowest BCUT2D eigenvalue weighted by atomic mass is 9.77. The van der Waals surface area contributed by atoms with E-state index >= 15 is 0 Å². The summed E-state index contributed by atoms with van der Waals surface area (Å²) in [4.78, 5) is 33.1. The largest absolute Gasteiger partial charge is 0.375 e. The average molecular weight is 499 g/mol. The summed E-state index contributed by atoms with van der Waals surface area (Å²) >= 11 is 0. The summed E-state index contributed by atoms with van der Waals surface area (Å²) in [6.45, 7) is 3.02. The first-order valence-corrected chi connectivity index (χ1v) is 11.9. The van der Waals surface area contributed by atoms with E-state index in [9.17, 15) is 22.8 Å². The van der Waals surface area contributed by atoms with Crippen LogP contribution in [0.1, 0.15) is 43.0 Å². The summed E-state index contributed by atoms with van der Waals surface area (Å²) in [6.07, 6.45) is 4.70. The van der Waals surface area contributed by atoms with Crippen molar-refractivity contribution in [3.05, 3.63) is 63.7 Å². The number of nitrogens with zero attached hydrogens (tertiary/aromatic N) is 3. The van der Waals surface area contributed by atoms with Crippen molar-refractivity contribution in [2.75, 3.05) is 25.1 Å². The third-order valence-corrected chi connectivity index (χ3v) is 7.94. The quantitative estimate of drug-likeness (QED) is 0.581. The highest BCUT2D eigenvalue weighted by Crippen LogP contribution is 2.51. The van der Waals surface area contributed by atoms with E-state index in [1.165, 1.54) is 6.07 Å². The molecular weight excluding hydrogens is 473 g/mol. The summed E-state index contributed by atoms with van der Waals surface area (Å²) < 4.78 is 50.0. The van der Waals surface area contributed by atoms with Gasteiger partial charge in [0.05, 0.1) is 11.0 Å². The van der Waals surface area contributed by atoms with Gasteiger partial charge in [-0.15, -0.1) is 0 Å². The van der Waals surface area contributed by atoms with E-state index in [0.29, 0.717) is 37.0 Å². The van der Waals surface area contributed by atoms with Gasteiger partial charge in [-0.3, -0.25) is 14.2 Å². The lowest BCUT2D eigenvalue weighted by molar-refractivity contribution is -0.0171. The fraction of sp³-hybridized carbons (Fsp3) is 0.423. The number of pyridine rings is 2. The third-order valence-electron chi connectivity index (χ3n) is 7.94. The van der Waals surface area contributed by atoms with E-state index in [1.807, 2.05) is 11.8 Å². The molecule has 188 valence electrons. The Labute approximate surface area is 204 Å². The van der Waals surface area contributed by atoms with Crippen molar-refractivity contribution >= 4 is 22.8 Å². The zero-order valence-corrected chi connectivity index (χ0v) is 19.9. The number of ether oxygens (including phenoxy) is 1. The molecule has 36 heavy (non-hydrogen) atoms. The first-order valence-electron chi connectivity index (χ1n) is 11.9. The fourth-order valence-electron chi connectivity index (χ4n) is 5.93. The molecule has 1 N–H and O–H groups in total. The second-order valence-corrected chi connectivity index (χ2v) is 10.6. The number of fused-ring (bicyclic) bond motifs is 2. The molecule has 0 unspecified atom stereocenters. The Kier molecular flexibility index (Phi) is 4.99. The van der Waals surface area contributed by atoms with Gasteiger partial charge in [0.2, 0.25) is 5.43 Å². The Morgan fingerprint density at radius 2 is 1.86 bits per heavy atom. The predicted octanol–water partition coefficient (Wildman–Crippen LogP) is 3.70. The van der Waals surface area contributed by atoms with Crippen LogP contribution in [0.25, 0.3) is 16.7 Å². The SMILES string of the molecule is COC1(C)CN(c2ccc3c(=O)c(C(=O)NC45CCC(C4)C5)cn(-c4c(F)cc(F)cc4F)c3n2)C1. The van der Waals surface area contributed by atoms with E-state index in [-0.39, 0.29) is 27.7 Å². The van der Waals surface area contributed by atoms with E-state index < -0.39 is 34.5 Å². The maximum absolute atomic E-state index is 14.9. The maximum atomic E-state index is 14.9. The molecule has 1 amide bonds. The van der Waals surface area contributed by atoms with Gasteiger partial charge in [0.25, 0.3) is 5.91 Å². The van der Waals surface area contributed by atoms with E-state index in [0.717, 1.165) is 36.4 Å². The van der Waals surface area contributed by atoms with Crippen LogP contribution in [0.15, 0.2) is 35.3 Å². The van der Waals surface area contributed by atoms with Gasteiger partial charge in [0.1, 0.15) is 22.9 Å². The van der Waals surface area contributed by atoms with Crippen molar-refractivity contribution in [2.45, 2.75) is 43.7 Å². The molecule has 1 aliphatic heterocycles. The Hall–Kier alpha value is -3.40. The van der Waals surface area contributed by atoms with E-state index in [2.05, 4.69) is 10.3 Å². The van der Waals surface area contributed by atoms with Crippen molar-refractivity contribution in [2.24, 2.45) is 5.92 Å². The van der Waals surface area contributed by atoms with Crippen LogP contribution in [0.4, 0.5) is 19.0 Å². The Balaban J connectivity index is 1.50. The molecule has 2 aromatic heterocycles. The molecule has 1 saturated heterocycles. The number of benzene rings is 1. The van der Waals surface area contributed by atoms with Crippen LogP contribution in [0.5, 0.6) is 0 Å². The number of amides is 1. The monoisotopic (exact) mass is 498 g/mol. The lowest BCUT2D eigenvalue weighted by Gasteiger charge is -2.47. The topological polar surface area (TPSA) is 76.5 Å². The summed E-state index contributed by atoms with van der Waals surface area (Å²) in [7, 11) is 1.62. The Morgan fingerprint density at radius 1 is 1.17 bits per heavy atom. The molecule has 7 nitrogen and oxygen atoms in total. The van der Waals surface area contributed by atoms with Gasteiger partial charge >= 0.3 is 0 Å². The highest BCUT2D eigenvalue weighted by atomic mass is 19.1. The van der Waals surface area contributed by atoms with Gasteiger partial charge in [0, 0.05) is 44.1 Å². The predicted molar refractivity (Wildman–Crippen MR) is 127 cm³/mol. The smallest absolute Gasteiger partial charge is 0.257 e. The molecule has 2 bridgehead atoms. The highest BCUT2D eigenvalue weighted by Gasteiger charge is 2.51. The molecule has 0 radical (unpaired) electrons. The number of hydrogen-bond acceptors (Lipinski definition) is 5. The van der Waals surface area contributed by atoms with Gasteiger partial charge in [-0.2, -0.15) is 0 Å². The molecule has 4 aliphatic rings. The minimum absolute atomic E-state index is 0.0277. The molecule has 4 fully saturated rings. The minimum Gasteiger partial charge on any atom is -0.375 e. The van der Waals surface area contributed by atoms with Crippen LogP contribution in [-0.2, 0) is 4.74 Å². The van der Waals surface area contributed by atoms with Crippen LogP contribution in [0.2, 0.25) is 0 Å². The molecule has 7 rings (SSSR count). The zero-order valence-electron chi connectivity index (χ0n) is 19.9. The molecule has 0 atom stereocenters. The van der Waals surface area contributed by atoms with Crippen LogP contribution < -0.4 is 15.6 Å². The molecule has 3 aliphatic carbocycles. The number of nitrogens with one attached hydrogen (secondary N) is 1. The second kappa shape index (κ2) is 7.80. The molecule has 0 spiro atoms. The van der Waals surface area contributed by atoms with Crippen molar-refractivity contribution in [1.82, 2.24) is 14.9 Å². The molecule has 10 heteroatoms. The van der Waals surface area contributed by atoms with Crippen LogP contribution in [0.3, 0.4) is 0 Å². The third kappa shape index (κ3) is 3.49. The standard InChI is InChI=1S/C26H25F3N4O3/c1-25(36-2)12-32(13-25)20-4-3-16-22(34)17(24(35)31-26-6-5-14(9-26)10-26)11-33(23(16)30-20)21-18(28)7-15(27)8-19(21)29/h3-4,7-8,11,14H,5-6,9-10,12-13H2,1-2H3,(H,31,35). The normalized spacial score (nSPS) is 23.9. The number of halogens is 3. The van der Waals surface area contributed by atoms with Gasteiger partial charge in [-0.1, -0.05) is 0 Å².